The molecule has 0 unspecified atom stereocenters. The van der Waals surface area contributed by atoms with Gasteiger partial charge in [-0.25, -0.2) is 4.79 Å². The van der Waals surface area contributed by atoms with Crippen LogP contribution in [0.25, 0.3) is 20.9 Å². The molecule has 0 spiro atoms. The molecule has 14 nitrogen and oxygen atoms in total. The summed E-state index contributed by atoms with van der Waals surface area (Å²) in [6.45, 7) is 6.06. The SMILES string of the molecule is C[C@H]1[C@H](O)[C@@H](N=[N+]=[N-])[C@@H]2OC[C@H]1O2.C[C@H]1[C@H](O[C@H](C)C(=O)O)[C@@H](N=[N+]=[N-])[C@@H]2OC[C@H]1O2. The van der Waals surface area contributed by atoms with Crippen molar-refractivity contribution >= 4 is 5.97 Å². The summed E-state index contributed by atoms with van der Waals surface area (Å²) in [5, 5.41) is 25.7. The van der Waals surface area contributed by atoms with Crippen LogP contribution < -0.4 is 0 Å². The van der Waals surface area contributed by atoms with Crippen molar-refractivity contribution in [2.24, 2.45) is 22.1 Å². The van der Waals surface area contributed by atoms with E-state index in [2.05, 4.69) is 20.1 Å². The lowest BCUT2D eigenvalue weighted by molar-refractivity contribution is -0.188. The Morgan fingerprint density at radius 2 is 1.55 bits per heavy atom. The van der Waals surface area contributed by atoms with E-state index in [0.717, 1.165) is 0 Å². The Morgan fingerprint density at radius 3 is 2.10 bits per heavy atom. The highest BCUT2D eigenvalue weighted by Gasteiger charge is 2.50. The van der Waals surface area contributed by atoms with E-state index in [-0.39, 0.29) is 24.0 Å². The van der Waals surface area contributed by atoms with Gasteiger partial charge in [0, 0.05) is 21.7 Å². The molecule has 4 aliphatic heterocycles. The number of carboxylic acids is 1. The average molecular weight is 442 g/mol. The van der Waals surface area contributed by atoms with Gasteiger partial charge in [-0.3, -0.25) is 0 Å². The highest BCUT2D eigenvalue weighted by molar-refractivity contribution is 5.71. The van der Waals surface area contributed by atoms with E-state index in [1.807, 2.05) is 13.8 Å². The number of nitrogens with zero attached hydrogens (tertiary/aromatic N) is 6. The van der Waals surface area contributed by atoms with Crippen LogP contribution in [-0.4, -0.2) is 84.6 Å². The summed E-state index contributed by atoms with van der Waals surface area (Å²) >= 11 is 0. The number of hydrogen-bond donors (Lipinski definition) is 2. The fourth-order valence-electron chi connectivity index (χ4n) is 4.02. The summed E-state index contributed by atoms with van der Waals surface area (Å²) in [5.74, 6) is -1.20. The number of azide groups is 2. The molecule has 0 aliphatic carbocycles. The molecule has 4 bridgehead atoms. The lowest BCUT2D eigenvalue weighted by Gasteiger charge is -2.38. The Balaban J connectivity index is 0.000000185. The van der Waals surface area contributed by atoms with E-state index in [9.17, 15) is 9.90 Å². The second kappa shape index (κ2) is 9.98. The summed E-state index contributed by atoms with van der Waals surface area (Å²) in [6, 6.07) is -1.27. The van der Waals surface area contributed by atoms with Crippen molar-refractivity contribution < 1.29 is 38.7 Å². The fraction of sp³-hybridized carbons (Fsp3) is 0.941. The van der Waals surface area contributed by atoms with Gasteiger partial charge in [-0.05, 0) is 18.0 Å². The Morgan fingerprint density at radius 1 is 1.03 bits per heavy atom. The quantitative estimate of drug-likeness (QED) is 0.360. The van der Waals surface area contributed by atoms with E-state index in [0.29, 0.717) is 13.2 Å². The molecular formula is C17H26N6O8. The first-order valence-electron chi connectivity index (χ1n) is 9.97. The monoisotopic (exact) mass is 442 g/mol. The minimum atomic E-state index is -1.05. The molecule has 0 amide bonds. The van der Waals surface area contributed by atoms with Crippen LogP contribution >= 0.6 is 0 Å². The zero-order chi connectivity index (χ0) is 22.7. The van der Waals surface area contributed by atoms with Gasteiger partial charge in [0.1, 0.15) is 12.1 Å². The van der Waals surface area contributed by atoms with Gasteiger partial charge in [-0.2, -0.15) is 0 Å². The smallest absolute Gasteiger partial charge is 0.332 e. The Kier molecular flexibility index (Phi) is 7.57. The summed E-state index contributed by atoms with van der Waals surface area (Å²) in [5.41, 5.74) is 16.9. The van der Waals surface area contributed by atoms with Crippen molar-refractivity contribution in [1.29, 1.82) is 0 Å². The van der Waals surface area contributed by atoms with Crippen molar-refractivity contribution in [1.82, 2.24) is 0 Å². The minimum absolute atomic E-state index is 0.0470. The second-order valence-electron chi connectivity index (χ2n) is 7.93. The maximum absolute atomic E-state index is 10.8. The summed E-state index contributed by atoms with van der Waals surface area (Å²) in [4.78, 5) is 16.2. The van der Waals surface area contributed by atoms with E-state index >= 15 is 0 Å². The third kappa shape index (κ3) is 4.86. The second-order valence-corrected chi connectivity index (χ2v) is 7.93. The van der Waals surface area contributed by atoms with Gasteiger partial charge in [0.15, 0.2) is 18.7 Å². The van der Waals surface area contributed by atoms with Crippen molar-refractivity contribution in [2.75, 3.05) is 13.2 Å². The third-order valence-electron chi connectivity index (χ3n) is 6.02. The van der Waals surface area contributed by atoms with Gasteiger partial charge in [0.05, 0.1) is 37.6 Å². The van der Waals surface area contributed by atoms with E-state index in [1.165, 1.54) is 6.92 Å². The summed E-state index contributed by atoms with van der Waals surface area (Å²) in [7, 11) is 0. The number of aliphatic hydroxyl groups is 1. The van der Waals surface area contributed by atoms with Gasteiger partial charge >= 0.3 is 5.97 Å². The van der Waals surface area contributed by atoms with Crippen molar-refractivity contribution in [3.8, 4) is 0 Å². The average Bonchev–Trinajstić information content (AvgIpc) is 3.38. The van der Waals surface area contributed by atoms with Crippen molar-refractivity contribution in [2.45, 2.75) is 76.0 Å². The van der Waals surface area contributed by atoms with Gasteiger partial charge in [0.25, 0.3) is 0 Å². The number of carbonyl (C=O) groups is 1. The number of rotatable bonds is 5. The Bertz CT molecular complexity index is 759. The van der Waals surface area contributed by atoms with Crippen LogP contribution in [0.4, 0.5) is 0 Å². The lowest BCUT2D eigenvalue weighted by Crippen LogP contribution is -2.51. The molecule has 0 aromatic heterocycles. The standard InChI is InChI=1S/C10H15N3O5.C7H11N3O3/c1-4-6-3-16-10(18-6)7(12-13-11)8(4)17-5(2)9(14)15;1-3-4-2-12-7(13-4)5(6(3)11)9-10-8/h4-8,10H,3H2,1-2H3,(H,14,15);3-7,11H,2H2,1H3/t4-,5-,6-,7-,8+,10-;3-,4-,5-,6+,7-/m11/s1. The molecule has 172 valence electrons. The molecule has 4 saturated heterocycles. The first-order valence-corrected chi connectivity index (χ1v) is 9.97. The van der Waals surface area contributed by atoms with Crippen molar-refractivity contribution in [3.63, 3.8) is 0 Å². The molecule has 4 fully saturated rings. The minimum Gasteiger partial charge on any atom is -0.479 e. The van der Waals surface area contributed by atoms with Crippen LogP contribution in [0, 0.1) is 11.8 Å². The van der Waals surface area contributed by atoms with Gasteiger partial charge in [0.2, 0.25) is 0 Å². The molecule has 4 rings (SSSR count). The summed E-state index contributed by atoms with van der Waals surface area (Å²) in [6.07, 6.45) is -3.57. The van der Waals surface area contributed by atoms with Crippen LogP contribution in [-0.2, 0) is 28.5 Å². The van der Waals surface area contributed by atoms with Crippen LogP contribution in [0.1, 0.15) is 20.8 Å². The zero-order valence-electron chi connectivity index (χ0n) is 17.3. The zero-order valence-corrected chi connectivity index (χ0v) is 17.3. The topological polar surface area (TPSA) is 201 Å². The lowest BCUT2D eigenvalue weighted by atomic mass is 9.91. The molecule has 0 radical (unpaired) electrons. The maximum atomic E-state index is 10.8. The molecule has 0 aromatic carbocycles. The van der Waals surface area contributed by atoms with Crippen LogP contribution in [0.15, 0.2) is 10.2 Å². The molecule has 0 aromatic rings. The number of aliphatic carboxylic acids is 1. The Labute approximate surface area is 177 Å². The highest BCUT2D eigenvalue weighted by atomic mass is 16.7. The molecule has 4 aliphatic rings. The predicted octanol–water partition coefficient (Wildman–Crippen LogP) is 1.33. The number of aliphatic hydroxyl groups excluding tert-OH is 1. The first kappa shape index (κ1) is 23.5. The third-order valence-corrected chi connectivity index (χ3v) is 6.02. The van der Waals surface area contributed by atoms with E-state index in [1.54, 1.807) is 0 Å². The summed E-state index contributed by atoms with van der Waals surface area (Å²) < 4.78 is 27.0. The van der Waals surface area contributed by atoms with Gasteiger partial charge < -0.3 is 33.9 Å². The van der Waals surface area contributed by atoms with E-state index in [4.69, 9.17) is 39.9 Å². The van der Waals surface area contributed by atoms with Crippen molar-refractivity contribution in [3.05, 3.63) is 20.9 Å². The first-order chi connectivity index (χ1) is 14.8. The highest BCUT2D eigenvalue weighted by Crippen LogP contribution is 2.36. The molecule has 31 heavy (non-hydrogen) atoms. The predicted molar refractivity (Wildman–Crippen MR) is 101 cm³/mol. The van der Waals surface area contributed by atoms with Crippen LogP contribution in [0.2, 0.25) is 0 Å². The normalized spacial score (nSPS) is 43.6. The van der Waals surface area contributed by atoms with Gasteiger partial charge in [-0.15, -0.1) is 0 Å². The van der Waals surface area contributed by atoms with Crippen LogP contribution in [0.5, 0.6) is 0 Å². The Hall–Kier alpha value is -2.15. The molecule has 4 heterocycles. The largest absolute Gasteiger partial charge is 0.479 e. The molecule has 14 heteroatoms. The van der Waals surface area contributed by atoms with Crippen LogP contribution in [0.3, 0.4) is 0 Å². The number of hydrogen-bond acceptors (Lipinski definition) is 9. The maximum Gasteiger partial charge on any atom is 0.332 e. The fourth-order valence-corrected chi connectivity index (χ4v) is 4.02. The molecule has 0 saturated carbocycles. The number of fused-ring (bicyclic) bond motifs is 4. The molecular weight excluding hydrogens is 416 g/mol. The number of carboxylic acid groups (broad SMARTS) is 1. The number of ether oxygens (including phenoxy) is 5. The van der Waals surface area contributed by atoms with E-state index < -0.39 is 48.9 Å². The molecule has 11 atom stereocenters. The molecule has 2 N–H and O–H groups in total. The van der Waals surface area contributed by atoms with Gasteiger partial charge in [-0.1, -0.05) is 24.1 Å².